The van der Waals surface area contributed by atoms with E-state index in [1.165, 1.54) is 0 Å². The third-order valence-corrected chi connectivity index (χ3v) is 5.15. The maximum Gasteiger partial charge on any atom is 0.224 e. The first-order valence-corrected chi connectivity index (χ1v) is 9.59. The van der Waals surface area contributed by atoms with E-state index in [-0.39, 0.29) is 12.0 Å². The second-order valence-electron chi connectivity index (χ2n) is 7.16. The SMILES string of the molecule is CN=C(NCCC(=O)N1CCN(C)CC1)N1CCOC(c2cnn(C)c2)C1. The molecule has 9 nitrogen and oxygen atoms in total. The van der Waals surface area contributed by atoms with Crippen LogP contribution in [0.3, 0.4) is 0 Å². The second-order valence-corrected chi connectivity index (χ2v) is 7.16. The van der Waals surface area contributed by atoms with E-state index in [0.29, 0.717) is 19.6 Å². The molecule has 0 bridgehead atoms. The monoisotopic (exact) mass is 377 g/mol. The average Bonchev–Trinajstić information content (AvgIpc) is 3.12. The second kappa shape index (κ2) is 9.18. The number of aliphatic imine (C=N–C) groups is 1. The van der Waals surface area contributed by atoms with Gasteiger partial charge >= 0.3 is 0 Å². The molecule has 2 fully saturated rings. The van der Waals surface area contributed by atoms with E-state index in [1.807, 2.05) is 24.3 Å². The molecule has 1 unspecified atom stereocenters. The lowest BCUT2D eigenvalue weighted by molar-refractivity contribution is -0.132. The summed E-state index contributed by atoms with van der Waals surface area (Å²) in [6.45, 7) is 6.27. The number of amides is 1. The van der Waals surface area contributed by atoms with E-state index >= 15 is 0 Å². The Kier molecular flexibility index (Phi) is 6.68. The number of aryl methyl sites for hydroxylation is 1. The number of hydrogen-bond acceptors (Lipinski definition) is 5. The van der Waals surface area contributed by atoms with Crippen molar-refractivity contribution < 1.29 is 9.53 Å². The van der Waals surface area contributed by atoms with Crippen LogP contribution in [0, 0.1) is 0 Å². The van der Waals surface area contributed by atoms with Gasteiger partial charge in [-0.1, -0.05) is 0 Å². The van der Waals surface area contributed by atoms with Gasteiger partial charge in [0.2, 0.25) is 5.91 Å². The van der Waals surface area contributed by atoms with Crippen LogP contribution in [0.4, 0.5) is 0 Å². The smallest absolute Gasteiger partial charge is 0.224 e. The van der Waals surface area contributed by atoms with Crippen LogP contribution in [-0.4, -0.2) is 103 Å². The van der Waals surface area contributed by atoms with Crippen LogP contribution in [0.2, 0.25) is 0 Å². The molecule has 3 rings (SSSR count). The van der Waals surface area contributed by atoms with Gasteiger partial charge in [0.05, 0.1) is 19.3 Å². The standard InChI is InChI=1S/C18H31N7O2/c1-19-18(20-5-4-17(26)24-8-6-22(2)7-9-24)25-10-11-27-16(14-25)15-12-21-23(3)13-15/h12-13,16H,4-11,14H2,1-3H3,(H,19,20). The predicted octanol–water partition coefficient (Wildman–Crippen LogP) is -0.467. The number of likely N-dealkylation sites (N-methyl/N-ethyl adjacent to an activating group) is 1. The van der Waals surface area contributed by atoms with Gasteiger partial charge in [-0.15, -0.1) is 0 Å². The van der Waals surface area contributed by atoms with Crippen LogP contribution in [-0.2, 0) is 16.6 Å². The van der Waals surface area contributed by atoms with Crippen molar-refractivity contribution in [3.63, 3.8) is 0 Å². The van der Waals surface area contributed by atoms with Gasteiger partial charge in [-0.25, -0.2) is 0 Å². The molecule has 0 spiro atoms. The first-order valence-electron chi connectivity index (χ1n) is 9.59. The van der Waals surface area contributed by atoms with Crippen LogP contribution in [0.5, 0.6) is 0 Å². The van der Waals surface area contributed by atoms with Gasteiger partial charge in [0.15, 0.2) is 5.96 Å². The fourth-order valence-electron chi connectivity index (χ4n) is 3.48. The maximum absolute atomic E-state index is 12.4. The number of carbonyl (C=O) groups excluding carboxylic acids is 1. The number of carbonyl (C=O) groups is 1. The highest BCUT2D eigenvalue weighted by atomic mass is 16.5. The Morgan fingerprint density at radius 1 is 1.26 bits per heavy atom. The summed E-state index contributed by atoms with van der Waals surface area (Å²) in [6, 6.07) is 0. The van der Waals surface area contributed by atoms with Gasteiger partial charge in [0.1, 0.15) is 6.10 Å². The predicted molar refractivity (Wildman–Crippen MR) is 104 cm³/mol. The molecular formula is C18H31N7O2. The summed E-state index contributed by atoms with van der Waals surface area (Å²) in [5.41, 5.74) is 1.07. The van der Waals surface area contributed by atoms with Gasteiger partial charge in [-0.3, -0.25) is 14.5 Å². The molecule has 0 aliphatic carbocycles. The molecule has 1 atom stereocenters. The van der Waals surface area contributed by atoms with Crippen molar-refractivity contribution in [3.05, 3.63) is 18.0 Å². The molecule has 1 aromatic heterocycles. The van der Waals surface area contributed by atoms with Crippen molar-refractivity contribution in [1.29, 1.82) is 0 Å². The number of guanidine groups is 1. The first-order chi connectivity index (χ1) is 13.1. The van der Waals surface area contributed by atoms with Crippen LogP contribution in [0.25, 0.3) is 0 Å². The van der Waals surface area contributed by atoms with Gasteiger partial charge in [-0.05, 0) is 7.05 Å². The summed E-state index contributed by atoms with van der Waals surface area (Å²) in [5.74, 6) is 1.03. The van der Waals surface area contributed by atoms with Crippen LogP contribution in [0.15, 0.2) is 17.4 Å². The van der Waals surface area contributed by atoms with E-state index < -0.39 is 0 Å². The molecule has 2 aliphatic heterocycles. The Morgan fingerprint density at radius 2 is 2.04 bits per heavy atom. The summed E-state index contributed by atoms with van der Waals surface area (Å²) >= 11 is 0. The highest BCUT2D eigenvalue weighted by molar-refractivity contribution is 5.81. The Hall–Kier alpha value is -2.13. The van der Waals surface area contributed by atoms with Crippen molar-refractivity contribution >= 4 is 11.9 Å². The van der Waals surface area contributed by atoms with Crippen molar-refractivity contribution in [3.8, 4) is 0 Å². The lowest BCUT2D eigenvalue weighted by Gasteiger charge is -2.35. The van der Waals surface area contributed by atoms with Gasteiger partial charge < -0.3 is 24.8 Å². The molecule has 27 heavy (non-hydrogen) atoms. The molecule has 1 aromatic rings. The average molecular weight is 377 g/mol. The van der Waals surface area contributed by atoms with Crippen LogP contribution < -0.4 is 5.32 Å². The van der Waals surface area contributed by atoms with E-state index in [4.69, 9.17) is 4.74 Å². The topological polar surface area (TPSA) is 78.2 Å². The number of rotatable bonds is 4. The molecule has 2 saturated heterocycles. The van der Waals surface area contributed by atoms with Gasteiger partial charge in [-0.2, -0.15) is 5.10 Å². The molecule has 1 N–H and O–H groups in total. The fraction of sp³-hybridized carbons (Fsp3) is 0.722. The molecular weight excluding hydrogens is 346 g/mol. The number of morpholine rings is 1. The molecule has 0 saturated carbocycles. The van der Waals surface area contributed by atoms with E-state index in [9.17, 15) is 4.79 Å². The summed E-state index contributed by atoms with van der Waals surface area (Å²) in [6.07, 6.45) is 4.30. The Labute approximate surface area is 161 Å². The number of nitrogens with one attached hydrogen (secondary N) is 1. The number of hydrogen-bond donors (Lipinski definition) is 1. The molecule has 3 heterocycles. The quantitative estimate of drug-likeness (QED) is 0.565. The van der Waals surface area contributed by atoms with E-state index in [1.54, 1.807) is 11.7 Å². The lowest BCUT2D eigenvalue weighted by atomic mass is 10.1. The fourth-order valence-corrected chi connectivity index (χ4v) is 3.48. The van der Waals surface area contributed by atoms with Crippen molar-refractivity contribution in [2.24, 2.45) is 12.0 Å². The highest BCUT2D eigenvalue weighted by Gasteiger charge is 2.25. The third-order valence-electron chi connectivity index (χ3n) is 5.15. The number of aromatic nitrogens is 2. The normalized spacial score (nSPS) is 22.2. The minimum absolute atomic E-state index is 0.0158. The summed E-state index contributed by atoms with van der Waals surface area (Å²) in [7, 11) is 5.77. The molecule has 150 valence electrons. The van der Waals surface area contributed by atoms with Gasteiger partial charge in [0.25, 0.3) is 0 Å². The van der Waals surface area contributed by atoms with Crippen molar-refractivity contribution in [2.45, 2.75) is 12.5 Å². The molecule has 1 amide bonds. The van der Waals surface area contributed by atoms with Crippen LogP contribution >= 0.6 is 0 Å². The van der Waals surface area contributed by atoms with E-state index in [0.717, 1.165) is 50.8 Å². The zero-order chi connectivity index (χ0) is 19.2. The van der Waals surface area contributed by atoms with Crippen molar-refractivity contribution in [2.75, 3.05) is 66.5 Å². The minimum Gasteiger partial charge on any atom is -0.370 e. The summed E-state index contributed by atoms with van der Waals surface area (Å²) < 4.78 is 7.68. The number of nitrogens with zero attached hydrogens (tertiary/aromatic N) is 6. The molecule has 0 radical (unpaired) electrons. The molecule has 0 aromatic carbocycles. The Morgan fingerprint density at radius 3 is 2.70 bits per heavy atom. The lowest BCUT2D eigenvalue weighted by Crippen LogP contribution is -2.50. The third kappa shape index (κ3) is 5.20. The van der Waals surface area contributed by atoms with Crippen molar-refractivity contribution in [1.82, 2.24) is 29.8 Å². The summed E-state index contributed by atoms with van der Waals surface area (Å²) in [4.78, 5) is 23.2. The zero-order valence-electron chi connectivity index (χ0n) is 16.6. The zero-order valence-corrected chi connectivity index (χ0v) is 16.6. The number of ether oxygens (including phenoxy) is 1. The van der Waals surface area contributed by atoms with E-state index in [2.05, 4.69) is 32.3 Å². The number of piperazine rings is 1. The van der Waals surface area contributed by atoms with Crippen LogP contribution in [0.1, 0.15) is 18.1 Å². The largest absolute Gasteiger partial charge is 0.370 e. The minimum atomic E-state index is -0.0158. The Bertz CT molecular complexity index is 652. The maximum atomic E-state index is 12.4. The highest BCUT2D eigenvalue weighted by Crippen LogP contribution is 2.21. The molecule has 2 aliphatic rings. The molecule has 9 heteroatoms. The first kappa shape index (κ1) is 19.6. The van der Waals surface area contributed by atoms with Gasteiger partial charge in [0, 0.05) is 71.5 Å². The Balaban J connectivity index is 1.46. The summed E-state index contributed by atoms with van der Waals surface area (Å²) in [5, 5.41) is 7.56.